The number of para-hydroxylation sites is 2. The summed E-state index contributed by atoms with van der Waals surface area (Å²) in [4.78, 5) is 32.8. The number of aromatic nitrogens is 1. The fourth-order valence-corrected chi connectivity index (χ4v) is 4.56. The first-order chi connectivity index (χ1) is 15.1. The number of nitrogens with one attached hydrogen (secondary N) is 1. The van der Waals surface area contributed by atoms with Gasteiger partial charge in [-0.15, -0.1) is 22.7 Å². The number of ether oxygens (including phenoxy) is 1. The van der Waals surface area contributed by atoms with Crippen molar-refractivity contribution in [2.45, 2.75) is 6.54 Å². The molecule has 7 nitrogen and oxygen atoms in total. The van der Waals surface area contributed by atoms with Gasteiger partial charge in [0.1, 0.15) is 28.8 Å². The van der Waals surface area contributed by atoms with Gasteiger partial charge in [-0.1, -0.05) is 18.2 Å². The van der Waals surface area contributed by atoms with E-state index >= 15 is 0 Å². The van der Waals surface area contributed by atoms with Gasteiger partial charge in [-0.3, -0.25) is 9.59 Å². The van der Waals surface area contributed by atoms with E-state index in [1.165, 1.54) is 29.6 Å². The van der Waals surface area contributed by atoms with Crippen molar-refractivity contribution in [1.82, 2.24) is 9.88 Å². The van der Waals surface area contributed by atoms with Crippen LogP contribution in [0.5, 0.6) is 5.75 Å². The first-order valence-electron chi connectivity index (χ1n) is 9.38. The normalized spacial score (nSPS) is 10.6. The van der Waals surface area contributed by atoms with Crippen LogP contribution in [0.15, 0.2) is 70.0 Å². The highest BCUT2D eigenvalue weighted by atomic mass is 32.1. The molecule has 3 aromatic heterocycles. The van der Waals surface area contributed by atoms with Crippen molar-refractivity contribution in [3.8, 4) is 15.6 Å². The van der Waals surface area contributed by atoms with Crippen molar-refractivity contribution >= 4 is 40.2 Å². The fraction of sp³-hybridized carbons (Fsp3) is 0.136. The van der Waals surface area contributed by atoms with Crippen molar-refractivity contribution in [2.75, 3.05) is 19.0 Å². The third-order valence-electron chi connectivity index (χ3n) is 4.38. The Morgan fingerprint density at radius 3 is 2.74 bits per heavy atom. The highest BCUT2D eigenvalue weighted by Crippen LogP contribution is 2.28. The summed E-state index contributed by atoms with van der Waals surface area (Å²) in [6.07, 6.45) is 1.53. The molecule has 31 heavy (non-hydrogen) atoms. The minimum absolute atomic E-state index is 0.150. The van der Waals surface area contributed by atoms with Gasteiger partial charge in [0.2, 0.25) is 5.91 Å². The van der Waals surface area contributed by atoms with Crippen LogP contribution in [-0.4, -0.2) is 35.4 Å². The van der Waals surface area contributed by atoms with Crippen LogP contribution < -0.4 is 10.1 Å². The molecule has 1 aromatic carbocycles. The van der Waals surface area contributed by atoms with Crippen LogP contribution in [0, 0.1) is 0 Å². The molecule has 0 atom stereocenters. The lowest BCUT2D eigenvalue weighted by Gasteiger charge is -2.20. The summed E-state index contributed by atoms with van der Waals surface area (Å²) in [7, 11) is 1.53. The third-order valence-corrected chi connectivity index (χ3v) is 6.27. The van der Waals surface area contributed by atoms with Crippen LogP contribution in [0.25, 0.3) is 9.88 Å². The van der Waals surface area contributed by atoms with E-state index in [9.17, 15) is 9.59 Å². The topological polar surface area (TPSA) is 84.7 Å². The highest BCUT2D eigenvalue weighted by molar-refractivity contribution is 7.20. The van der Waals surface area contributed by atoms with Crippen LogP contribution >= 0.6 is 22.7 Å². The van der Waals surface area contributed by atoms with Crippen molar-refractivity contribution in [2.24, 2.45) is 0 Å². The smallest absolute Gasteiger partial charge is 0.274 e. The average molecular weight is 454 g/mol. The van der Waals surface area contributed by atoms with Gasteiger partial charge in [0, 0.05) is 5.38 Å². The molecule has 9 heteroatoms. The van der Waals surface area contributed by atoms with E-state index in [-0.39, 0.29) is 24.9 Å². The molecule has 158 valence electrons. The van der Waals surface area contributed by atoms with E-state index in [0.29, 0.717) is 22.9 Å². The second kappa shape index (κ2) is 9.59. The van der Waals surface area contributed by atoms with Gasteiger partial charge >= 0.3 is 0 Å². The second-order valence-corrected chi connectivity index (χ2v) is 8.31. The van der Waals surface area contributed by atoms with Gasteiger partial charge in [-0.2, -0.15) is 0 Å². The molecule has 1 N–H and O–H groups in total. The molecule has 2 amide bonds. The Kier molecular flexibility index (Phi) is 6.44. The predicted molar refractivity (Wildman–Crippen MR) is 120 cm³/mol. The quantitative estimate of drug-likeness (QED) is 0.416. The largest absolute Gasteiger partial charge is 0.495 e. The molecule has 0 radical (unpaired) electrons. The maximum atomic E-state index is 13.2. The number of benzene rings is 1. The lowest BCUT2D eigenvalue weighted by molar-refractivity contribution is -0.117. The van der Waals surface area contributed by atoms with Crippen LogP contribution in [0.3, 0.4) is 0 Å². The van der Waals surface area contributed by atoms with Gasteiger partial charge in [-0.25, -0.2) is 4.98 Å². The van der Waals surface area contributed by atoms with Crippen LogP contribution in [0.1, 0.15) is 16.2 Å². The summed E-state index contributed by atoms with van der Waals surface area (Å²) in [6.45, 7) is -0.0134. The van der Waals surface area contributed by atoms with Crippen molar-refractivity contribution < 1.29 is 18.7 Å². The molecule has 0 fully saturated rings. The number of furan rings is 1. The van der Waals surface area contributed by atoms with E-state index < -0.39 is 0 Å². The number of thiazole rings is 1. The number of carbonyl (C=O) groups is 2. The van der Waals surface area contributed by atoms with Gasteiger partial charge in [0.25, 0.3) is 5.91 Å². The van der Waals surface area contributed by atoms with E-state index in [2.05, 4.69) is 10.3 Å². The summed E-state index contributed by atoms with van der Waals surface area (Å²) in [5.41, 5.74) is 0.832. The molecule has 4 aromatic rings. The van der Waals surface area contributed by atoms with E-state index in [1.54, 1.807) is 47.0 Å². The zero-order valence-corrected chi connectivity index (χ0v) is 18.2. The van der Waals surface area contributed by atoms with Crippen LogP contribution in [0.4, 0.5) is 5.69 Å². The third kappa shape index (κ3) is 5.01. The van der Waals surface area contributed by atoms with Crippen LogP contribution in [0.2, 0.25) is 0 Å². The summed E-state index contributed by atoms with van der Waals surface area (Å²) in [6, 6.07) is 14.5. The Balaban J connectivity index is 1.52. The van der Waals surface area contributed by atoms with Crippen molar-refractivity contribution in [3.05, 3.63) is 77.0 Å². The number of methoxy groups -OCH3 is 1. The molecule has 0 aliphatic rings. The lowest BCUT2D eigenvalue weighted by Crippen LogP contribution is -2.37. The molecule has 3 heterocycles. The maximum Gasteiger partial charge on any atom is 0.274 e. The number of hydrogen-bond acceptors (Lipinski definition) is 7. The molecule has 0 bridgehead atoms. The molecular weight excluding hydrogens is 434 g/mol. The predicted octanol–water partition coefficient (Wildman–Crippen LogP) is 4.75. The molecule has 0 saturated carbocycles. The highest BCUT2D eigenvalue weighted by Gasteiger charge is 2.23. The number of hydrogen-bond donors (Lipinski definition) is 1. The first kappa shape index (κ1) is 20.8. The lowest BCUT2D eigenvalue weighted by atomic mass is 10.3. The second-order valence-electron chi connectivity index (χ2n) is 6.50. The van der Waals surface area contributed by atoms with Gasteiger partial charge in [0.05, 0.1) is 30.5 Å². The van der Waals surface area contributed by atoms with Crippen LogP contribution in [-0.2, 0) is 11.3 Å². The molecular formula is C22H19N3O4S2. The van der Waals surface area contributed by atoms with Gasteiger partial charge < -0.3 is 19.4 Å². The SMILES string of the molecule is COc1ccccc1NC(=O)CN(Cc1ccco1)C(=O)c1csc(-c2cccs2)n1. The maximum absolute atomic E-state index is 13.2. The molecule has 0 unspecified atom stereocenters. The van der Waals surface area contributed by atoms with E-state index in [4.69, 9.17) is 9.15 Å². The fourth-order valence-electron chi connectivity index (χ4n) is 2.95. The Morgan fingerprint density at radius 1 is 1.13 bits per heavy atom. The monoisotopic (exact) mass is 453 g/mol. The minimum Gasteiger partial charge on any atom is -0.495 e. The first-order valence-corrected chi connectivity index (χ1v) is 11.1. The number of anilines is 1. The molecule has 0 spiro atoms. The molecule has 0 aliphatic carbocycles. The van der Waals surface area contributed by atoms with E-state index in [1.807, 2.05) is 23.6 Å². The van der Waals surface area contributed by atoms with Crippen molar-refractivity contribution in [1.29, 1.82) is 0 Å². The minimum atomic E-state index is -0.349. The van der Waals surface area contributed by atoms with Gasteiger partial charge in [-0.05, 0) is 35.7 Å². The molecule has 0 saturated heterocycles. The Hall–Kier alpha value is -3.43. The van der Waals surface area contributed by atoms with E-state index in [0.717, 1.165) is 9.88 Å². The number of carbonyl (C=O) groups excluding carboxylic acids is 2. The van der Waals surface area contributed by atoms with Gasteiger partial charge in [0.15, 0.2) is 0 Å². The Labute approximate surface area is 186 Å². The number of thiophene rings is 1. The van der Waals surface area contributed by atoms with Crippen molar-refractivity contribution in [3.63, 3.8) is 0 Å². The summed E-state index contributed by atoms with van der Waals surface area (Å²) < 4.78 is 10.7. The summed E-state index contributed by atoms with van der Waals surface area (Å²) in [5, 5.41) is 7.25. The zero-order chi connectivity index (χ0) is 21.6. The summed E-state index contributed by atoms with van der Waals surface area (Å²) in [5.74, 6) is 0.427. The molecule has 4 rings (SSSR count). The zero-order valence-electron chi connectivity index (χ0n) is 16.6. The standard InChI is InChI=1S/C22H19N3O4S2/c1-28-18-8-3-2-7-16(18)23-20(26)13-25(12-15-6-4-10-29-15)22(27)17-14-31-21(24-17)19-9-5-11-30-19/h2-11,14H,12-13H2,1H3,(H,23,26). The number of rotatable bonds is 8. The Morgan fingerprint density at radius 2 is 2.00 bits per heavy atom. The Bertz CT molecular complexity index is 1150. The number of nitrogens with zero attached hydrogens (tertiary/aromatic N) is 2. The molecule has 0 aliphatic heterocycles. The number of amides is 2. The summed E-state index contributed by atoms with van der Waals surface area (Å²) >= 11 is 2.96. The average Bonchev–Trinajstić information content (AvgIpc) is 3.55.